The number of Topliss-reactive ketones (excluding diaryl/α,β-unsaturated/α-hetero) is 1. The summed E-state index contributed by atoms with van der Waals surface area (Å²) in [4.78, 5) is 26.6. The predicted molar refractivity (Wildman–Crippen MR) is 117 cm³/mol. The molecule has 1 atom stereocenters. The van der Waals surface area contributed by atoms with Gasteiger partial charge in [-0.25, -0.2) is 4.79 Å². The Morgan fingerprint density at radius 2 is 1.81 bits per heavy atom. The number of methoxy groups -OCH3 is 2. The fraction of sp³-hybridized carbons (Fsp3) is 0.520. The van der Waals surface area contributed by atoms with Gasteiger partial charge in [0.25, 0.3) is 0 Å². The number of ether oxygens (including phenoxy) is 3. The first-order chi connectivity index (χ1) is 15.0. The lowest BCUT2D eigenvalue weighted by molar-refractivity contribution is -0.146. The number of allylic oxidation sites excluding steroid dienone is 3. The lowest BCUT2D eigenvalue weighted by Gasteiger charge is -2.35. The van der Waals surface area contributed by atoms with Gasteiger partial charge in [0.1, 0.15) is 17.6 Å². The highest BCUT2D eigenvalue weighted by atomic mass is 16.5. The molecule has 1 N–H and O–H groups in total. The van der Waals surface area contributed by atoms with Gasteiger partial charge in [-0.1, -0.05) is 6.42 Å². The minimum Gasteiger partial charge on any atom is -0.497 e. The molecule has 166 valence electrons. The Morgan fingerprint density at radius 3 is 2.52 bits per heavy atom. The zero-order chi connectivity index (χ0) is 22.0. The summed E-state index contributed by atoms with van der Waals surface area (Å²) in [5.74, 6) is 0.451. The molecule has 0 spiro atoms. The number of carbonyl (C=O) groups excluding carboxylic acids is 2. The highest BCUT2D eigenvalue weighted by Crippen LogP contribution is 2.46. The minimum atomic E-state index is -0.537. The zero-order valence-electron chi connectivity index (χ0n) is 18.6. The Kier molecular flexibility index (Phi) is 6.35. The summed E-state index contributed by atoms with van der Waals surface area (Å²) in [5, 5.41) is 3.35. The minimum absolute atomic E-state index is 0.0631. The molecule has 31 heavy (non-hydrogen) atoms. The second-order valence-corrected chi connectivity index (χ2v) is 8.54. The van der Waals surface area contributed by atoms with E-state index < -0.39 is 5.92 Å². The van der Waals surface area contributed by atoms with Gasteiger partial charge < -0.3 is 19.5 Å². The molecule has 6 heteroatoms. The highest BCUT2D eigenvalue weighted by molar-refractivity contribution is 6.04. The van der Waals surface area contributed by atoms with Crippen molar-refractivity contribution in [1.82, 2.24) is 5.32 Å². The van der Waals surface area contributed by atoms with Gasteiger partial charge in [0.05, 0.1) is 25.7 Å². The fourth-order valence-corrected chi connectivity index (χ4v) is 5.03. The van der Waals surface area contributed by atoms with E-state index in [2.05, 4.69) is 5.32 Å². The molecule has 6 nitrogen and oxygen atoms in total. The first-order valence-electron chi connectivity index (χ1n) is 11.2. The van der Waals surface area contributed by atoms with Crippen LogP contribution in [0.25, 0.3) is 0 Å². The molecule has 1 aromatic rings. The van der Waals surface area contributed by atoms with E-state index in [1.54, 1.807) is 14.2 Å². The van der Waals surface area contributed by atoms with Crippen molar-refractivity contribution < 1.29 is 23.8 Å². The summed E-state index contributed by atoms with van der Waals surface area (Å²) in [5.41, 5.74) is 3.54. The quantitative estimate of drug-likeness (QED) is 0.698. The molecule has 4 rings (SSSR count). The van der Waals surface area contributed by atoms with Gasteiger partial charge in [-0.3, -0.25) is 4.79 Å². The third-order valence-electron chi connectivity index (χ3n) is 6.57. The number of rotatable bonds is 5. The van der Waals surface area contributed by atoms with Gasteiger partial charge in [0.15, 0.2) is 5.78 Å². The fourth-order valence-electron chi connectivity index (χ4n) is 5.03. The van der Waals surface area contributed by atoms with Crippen LogP contribution in [-0.4, -0.2) is 32.1 Å². The molecule has 0 bridgehead atoms. The smallest absolute Gasteiger partial charge is 0.337 e. The maximum atomic E-state index is 13.5. The molecule has 1 saturated carbocycles. The number of hydrogen-bond acceptors (Lipinski definition) is 6. The maximum Gasteiger partial charge on any atom is 0.337 e. The van der Waals surface area contributed by atoms with Crippen molar-refractivity contribution in [2.24, 2.45) is 0 Å². The number of carbonyl (C=O) groups is 2. The summed E-state index contributed by atoms with van der Waals surface area (Å²) < 4.78 is 17.0. The molecule has 0 aromatic heterocycles. The summed E-state index contributed by atoms with van der Waals surface area (Å²) >= 11 is 0. The van der Waals surface area contributed by atoms with E-state index in [4.69, 9.17) is 14.2 Å². The van der Waals surface area contributed by atoms with Crippen molar-refractivity contribution in [1.29, 1.82) is 0 Å². The van der Waals surface area contributed by atoms with Crippen LogP contribution in [0.1, 0.15) is 69.8 Å². The molecule has 0 amide bonds. The van der Waals surface area contributed by atoms with E-state index in [1.165, 1.54) is 6.42 Å². The van der Waals surface area contributed by atoms with Crippen LogP contribution in [-0.2, 0) is 14.3 Å². The van der Waals surface area contributed by atoms with Gasteiger partial charge in [-0.2, -0.15) is 0 Å². The van der Waals surface area contributed by atoms with Crippen molar-refractivity contribution in [3.05, 3.63) is 46.3 Å². The van der Waals surface area contributed by atoms with Crippen LogP contribution in [0.2, 0.25) is 0 Å². The van der Waals surface area contributed by atoms with Gasteiger partial charge in [-0.15, -0.1) is 0 Å². The van der Waals surface area contributed by atoms with Crippen LogP contribution in [0.5, 0.6) is 11.5 Å². The second-order valence-electron chi connectivity index (χ2n) is 8.54. The lowest BCUT2D eigenvalue weighted by atomic mass is 9.75. The van der Waals surface area contributed by atoms with Crippen molar-refractivity contribution in [2.45, 2.75) is 70.3 Å². The van der Waals surface area contributed by atoms with Gasteiger partial charge >= 0.3 is 5.97 Å². The molecular formula is C25H31NO5. The molecule has 0 radical (unpaired) electrons. The number of dihydropyridines is 1. The van der Waals surface area contributed by atoms with Gasteiger partial charge in [0, 0.05) is 29.0 Å². The van der Waals surface area contributed by atoms with E-state index in [9.17, 15) is 9.59 Å². The highest BCUT2D eigenvalue weighted by Gasteiger charge is 2.41. The van der Waals surface area contributed by atoms with Crippen molar-refractivity contribution >= 4 is 11.8 Å². The van der Waals surface area contributed by atoms with Crippen LogP contribution in [0.3, 0.4) is 0 Å². The monoisotopic (exact) mass is 425 g/mol. The predicted octanol–water partition coefficient (Wildman–Crippen LogP) is 4.55. The summed E-state index contributed by atoms with van der Waals surface area (Å²) in [7, 11) is 3.20. The van der Waals surface area contributed by atoms with E-state index in [0.29, 0.717) is 29.1 Å². The van der Waals surface area contributed by atoms with E-state index in [-0.39, 0.29) is 17.9 Å². The summed E-state index contributed by atoms with van der Waals surface area (Å²) in [6, 6.07) is 5.50. The number of ketones is 1. The average Bonchev–Trinajstić information content (AvgIpc) is 2.78. The average molecular weight is 426 g/mol. The maximum absolute atomic E-state index is 13.5. The van der Waals surface area contributed by atoms with E-state index >= 15 is 0 Å². The zero-order valence-corrected chi connectivity index (χ0v) is 18.6. The Hall–Kier alpha value is -2.76. The third-order valence-corrected chi connectivity index (χ3v) is 6.57. The van der Waals surface area contributed by atoms with Gasteiger partial charge in [-0.05, 0) is 63.6 Å². The van der Waals surface area contributed by atoms with E-state index in [1.807, 2.05) is 25.1 Å². The van der Waals surface area contributed by atoms with Crippen LogP contribution >= 0.6 is 0 Å². The Morgan fingerprint density at radius 1 is 1.03 bits per heavy atom. The molecule has 0 unspecified atom stereocenters. The summed E-state index contributed by atoms with van der Waals surface area (Å²) in [6.07, 6.45) is 7.14. The van der Waals surface area contributed by atoms with Crippen molar-refractivity contribution in [3.8, 4) is 11.5 Å². The normalized spacial score (nSPS) is 22.0. The van der Waals surface area contributed by atoms with Crippen molar-refractivity contribution in [3.63, 3.8) is 0 Å². The number of esters is 1. The Labute approximate surface area is 183 Å². The molecule has 1 fully saturated rings. The molecule has 1 aliphatic heterocycles. The van der Waals surface area contributed by atoms with Crippen LogP contribution in [0, 0.1) is 0 Å². The third kappa shape index (κ3) is 4.21. The van der Waals surface area contributed by atoms with Gasteiger partial charge in [0.2, 0.25) is 0 Å². The van der Waals surface area contributed by atoms with Crippen LogP contribution in [0.15, 0.2) is 40.7 Å². The second kappa shape index (κ2) is 9.16. The molecule has 3 aliphatic rings. The lowest BCUT2D eigenvalue weighted by Crippen LogP contribution is -2.35. The molecule has 1 heterocycles. The first-order valence-corrected chi connectivity index (χ1v) is 11.2. The number of hydrogen-bond donors (Lipinski definition) is 1. The SMILES string of the molecule is COc1ccc(OC)c([C@@H]2C(C(=O)OC3CCCCC3)=C(C)NC3=C2C(=O)CCC3)c1. The van der Waals surface area contributed by atoms with E-state index in [0.717, 1.165) is 55.5 Å². The molecular weight excluding hydrogens is 394 g/mol. The largest absolute Gasteiger partial charge is 0.497 e. The molecule has 1 aromatic carbocycles. The van der Waals surface area contributed by atoms with Crippen LogP contribution in [0.4, 0.5) is 0 Å². The van der Waals surface area contributed by atoms with Crippen molar-refractivity contribution in [2.75, 3.05) is 14.2 Å². The topological polar surface area (TPSA) is 73.9 Å². The molecule has 0 saturated heterocycles. The number of benzene rings is 1. The summed E-state index contributed by atoms with van der Waals surface area (Å²) in [6.45, 7) is 1.89. The number of nitrogens with one attached hydrogen (secondary N) is 1. The Balaban J connectivity index is 1.81. The standard InChI is InChI=1S/C25H31NO5/c1-15-22(25(28)31-16-8-5-4-6-9-16)23(24-19(26-15)10-7-11-20(24)27)18-14-17(29-2)12-13-21(18)30-3/h12-14,16,23,26H,4-11H2,1-3H3/t23-/m1/s1. The molecule has 2 aliphatic carbocycles. The first kappa shape index (κ1) is 21.5. The Bertz CT molecular complexity index is 939. The van der Waals surface area contributed by atoms with Crippen LogP contribution < -0.4 is 14.8 Å².